The summed E-state index contributed by atoms with van der Waals surface area (Å²) in [4.78, 5) is 0. The normalized spacial score (nSPS) is 35.3. The van der Waals surface area contributed by atoms with Gasteiger partial charge in [-0.25, -0.2) is 5.32 Å². The topological polar surface area (TPSA) is 58.3 Å². The van der Waals surface area contributed by atoms with Crippen molar-refractivity contribution in [3.8, 4) is 0 Å². The van der Waals surface area contributed by atoms with E-state index < -0.39 is 18.4 Å². The minimum atomic E-state index is -4.43. The maximum atomic E-state index is 11.7. The van der Waals surface area contributed by atoms with Gasteiger partial charge in [0, 0.05) is 12.6 Å². The van der Waals surface area contributed by atoms with E-state index in [1.54, 1.807) is 0 Å². The average Bonchev–Trinajstić information content (AvgIpc) is 2.27. The molecule has 4 N–H and O–H groups in total. The highest BCUT2D eigenvalue weighted by atomic mass is 19.4. The Hall–Kier alpha value is -0.330. The van der Waals surface area contributed by atoms with E-state index in [1.165, 1.54) is 5.32 Å². The van der Waals surface area contributed by atoms with E-state index in [2.05, 4.69) is 0 Å². The van der Waals surface area contributed by atoms with Gasteiger partial charge >= 0.3 is 6.30 Å². The Kier molecular flexibility index (Phi) is 2.84. The monoisotopic (exact) mass is 198 g/mol. The van der Waals surface area contributed by atoms with Crippen LogP contribution in [0.15, 0.2) is 0 Å². The first-order valence-corrected chi connectivity index (χ1v) is 4.10. The van der Waals surface area contributed by atoms with Gasteiger partial charge in [-0.2, -0.15) is 13.2 Å². The standard InChI is InChI=1S/C7H13F3N2O/c8-7(9,10)12-4-6(13)2-1-5(11)3-6/h5,12-13H,1-4,11H2. The molecule has 0 radical (unpaired) electrons. The van der Waals surface area contributed by atoms with Crippen molar-refractivity contribution in [2.24, 2.45) is 5.73 Å². The van der Waals surface area contributed by atoms with Crippen LogP contribution in [0.25, 0.3) is 0 Å². The first-order chi connectivity index (χ1) is 5.81. The van der Waals surface area contributed by atoms with Crippen molar-refractivity contribution in [2.75, 3.05) is 6.54 Å². The maximum absolute atomic E-state index is 11.7. The summed E-state index contributed by atoms with van der Waals surface area (Å²) in [6, 6.07) is -0.181. The lowest BCUT2D eigenvalue weighted by atomic mass is 10.0. The highest BCUT2D eigenvalue weighted by molar-refractivity contribution is 4.92. The number of halogens is 3. The molecule has 0 spiro atoms. The molecule has 0 aromatic carbocycles. The number of alkyl halides is 3. The number of nitrogens with two attached hydrogens (primary N) is 1. The van der Waals surface area contributed by atoms with Crippen molar-refractivity contribution in [1.29, 1.82) is 0 Å². The molecule has 6 heteroatoms. The van der Waals surface area contributed by atoms with Gasteiger partial charge in [-0.05, 0) is 19.3 Å². The maximum Gasteiger partial charge on any atom is 0.457 e. The molecule has 0 bridgehead atoms. The molecule has 0 aliphatic heterocycles. The first-order valence-electron chi connectivity index (χ1n) is 4.10. The minimum absolute atomic E-state index is 0.181. The molecule has 0 amide bonds. The molecule has 0 saturated heterocycles. The van der Waals surface area contributed by atoms with Gasteiger partial charge in [0.1, 0.15) is 0 Å². The largest absolute Gasteiger partial charge is 0.457 e. The summed E-state index contributed by atoms with van der Waals surface area (Å²) in [5.41, 5.74) is 4.20. The van der Waals surface area contributed by atoms with Gasteiger partial charge < -0.3 is 10.8 Å². The van der Waals surface area contributed by atoms with Crippen LogP contribution in [0, 0.1) is 0 Å². The number of hydrogen-bond donors (Lipinski definition) is 3. The molecule has 1 aliphatic carbocycles. The van der Waals surface area contributed by atoms with Crippen LogP contribution in [0.2, 0.25) is 0 Å². The Morgan fingerprint density at radius 3 is 2.54 bits per heavy atom. The third-order valence-corrected chi connectivity index (χ3v) is 2.24. The Labute approximate surface area is 74.1 Å². The van der Waals surface area contributed by atoms with Crippen LogP contribution in [-0.4, -0.2) is 29.6 Å². The molecule has 0 aromatic heterocycles. The average molecular weight is 198 g/mol. The second-order valence-corrected chi connectivity index (χ2v) is 3.58. The van der Waals surface area contributed by atoms with Gasteiger partial charge in [0.25, 0.3) is 0 Å². The fraction of sp³-hybridized carbons (Fsp3) is 1.00. The van der Waals surface area contributed by atoms with E-state index >= 15 is 0 Å². The van der Waals surface area contributed by atoms with Crippen molar-refractivity contribution in [2.45, 2.75) is 37.2 Å². The predicted molar refractivity (Wildman–Crippen MR) is 40.8 cm³/mol. The molecule has 0 aromatic rings. The second kappa shape index (κ2) is 3.43. The van der Waals surface area contributed by atoms with Crippen LogP contribution in [-0.2, 0) is 0 Å². The van der Waals surface area contributed by atoms with Gasteiger partial charge in [0.15, 0.2) is 0 Å². The SMILES string of the molecule is NC1CCC(O)(CNC(F)(F)F)C1. The Morgan fingerprint density at radius 2 is 2.15 bits per heavy atom. The summed E-state index contributed by atoms with van der Waals surface area (Å²) in [5.74, 6) is 0. The van der Waals surface area contributed by atoms with Gasteiger partial charge in [-0.3, -0.25) is 0 Å². The van der Waals surface area contributed by atoms with Crippen LogP contribution >= 0.6 is 0 Å². The molecule has 0 heterocycles. The van der Waals surface area contributed by atoms with Crippen molar-refractivity contribution in [1.82, 2.24) is 5.32 Å². The smallest absolute Gasteiger partial charge is 0.388 e. The third kappa shape index (κ3) is 3.50. The Balaban J connectivity index is 2.36. The lowest BCUT2D eigenvalue weighted by molar-refractivity contribution is -0.166. The highest BCUT2D eigenvalue weighted by Crippen LogP contribution is 2.28. The number of aliphatic hydroxyl groups is 1. The number of rotatable bonds is 2. The summed E-state index contributed by atoms with van der Waals surface area (Å²) < 4.78 is 35.2. The third-order valence-electron chi connectivity index (χ3n) is 2.24. The van der Waals surface area contributed by atoms with Crippen molar-refractivity contribution >= 4 is 0 Å². The zero-order valence-electron chi connectivity index (χ0n) is 7.06. The van der Waals surface area contributed by atoms with Crippen LogP contribution in [0.4, 0.5) is 13.2 Å². The van der Waals surface area contributed by atoms with Crippen LogP contribution in [0.3, 0.4) is 0 Å². The molecule has 1 rings (SSSR count). The van der Waals surface area contributed by atoms with Gasteiger partial charge in [0.2, 0.25) is 0 Å². The van der Waals surface area contributed by atoms with Gasteiger partial charge in [0.05, 0.1) is 5.60 Å². The van der Waals surface area contributed by atoms with Crippen molar-refractivity contribution < 1.29 is 18.3 Å². The lowest BCUT2D eigenvalue weighted by Gasteiger charge is -2.23. The van der Waals surface area contributed by atoms with Crippen LogP contribution in [0.1, 0.15) is 19.3 Å². The van der Waals surface area contributed by atoms with E-state index in [0.29, 0.717) is 12.8 Å². The Bertz CT molecular complexity index is 185. The quantitative estimate of drug-likeness (QED) is 0.561. The van der Waals surface area contributed by atoms with E-state index in [1.807, 2.05) is 0 Å². The van der Waals surface area contributed by atoms with Crippen molar-refractivity contribution in [3.63, 3.8) is 0 Å². The lowest BCUT2D eigenvalue weighted by Crippen LogP contribution is -2.45. The zero-order chi connectivity index (χ0) is 10.1. The molecule has 1 fully saturated rings. The fourth-order valence-electron chi connectivity index (χ4n) is 1.57. The molecule has 3 nitrogen and oxygen atoms in total. The van der Waals surface area contributed by atoms with E-state index in [4.69, 9.17) is 5.73 Å². The highest BCUT2D eigenvalue weighted by Gasteiger charge is 2.39. The molecule has 13 heavy (non-hydrogen) atoms. The predicted octanol–water partition coefficient (Wildman–Crippen LogP) is 0.338. The molecular weight excluding hydrogens is 185 g/mol. The molecule has 1 aliphatic rings. The summed E-state index contributed by atoms with van der Waals surface area (Å²) in [7, 11) is 0. The molecule has 2 unspecified atom stereocenters. The van der Waals surface area contributed by atoms with Crippen molar-refractivity contribution in [3.05, 3.63) is 0 Å². The van der Waals surface area contributed by atoms with Crippen LogP contribution < -0.4 is 11.1 Å². The molecule has 78 valence electrons. The first kappa shape index (κ1) is 10.7. The summed E-state index contributed by atoms with van der Waals surface area (Å²) in [5, 5.41) is 10.9. The fourth-order valence-corrected chi connectivity index (χ4v) is 1.57. The minimum Gasteiger partial charge on any atom is -0.388 e. The van der Waals surface area contributed by atoms with Crippen LogP contribution in [0.5, 0.6) is 0 Å². The summed E-state index contributed by atoms with van der Waals surface area (Å²) in [6.07, 6.45) is -3.29. The van der Waals surface area contributed by atoms with E-state index in [-0.39, 0.29) is 12.5 Å². The summed E-state index contributed by atoms with van der Waals surface area (Å²) >= 11 is 0. The summed E-state index contributed by atoms with van der Waals surface area (Å²) in [6.45, 7) is -0.468. The number of hydrogen-bond acceptors (Lipinski definition) is 3. The van der Waals surface area contributed by atoms with E-state index in [0.717, 1.165) is 0 Å². The number of nitrogens with one attached hydrogen (secondary N) is 1. The molecular formula is C7H13F3N2O. The van der Waals surface area contributed by atoms with Gasteiger partial charge in [-0.15, -0.1) is 0 Å². The zero-order valence-corrected chi connectivity index (χ0v) is 7.06. The van der Waals surface area contributed by atoms with E-state index in [9.17, 15) is 18.3 Å². The molecule has 1 saturated carbocycles. The molecule has 2 atom stereocenters. The van der Waals surface area contributed by atoms with Gasteiger partial charge in [-0.1, -0.05) is 0 Å². The second-order valence-electron chi connectivity index (χ2n) is 3.58. The Morgan fingerprint density at radius 1 is 1.54 bits per heavy atom.